The Kier molecular flexibility index (Phi) is 4.83. The van der Waals surface area contributed by atoms with Crippen LogP contribution in [0, 0.1) is 5.92 Å². The Morgan fingerprint density at radius 2 is 2.21 bits per heavy atom. The van der Waals surface area contributed by atoms with E-state index in [-0.39, 0.29) is 12.1 Å². The van der Waals surface area contributed by atoms with Crippen molar-refractivity contribution in [3.8, 4) is 0 Å². The van der Waals surface area contributed by atoms with Crippen LogP contribution in [0.4, 0.5) is 5.82 Å². The molecule has 1 aliphatic heterocycles. The predicted octanol–water partition coefficient (Wildman–Crippen LogP) is 2.93. The zero-order valence-corrected chi connectivity index (χ0v) is 14.4. The average molecular weight is 328 g/mol. The Morgan fingerprint density at radius 3 is 2.92 bits per heavy atom. The first-order valence-electron chi connectivity index (χ1n) is 8.44. The van der Waals surface area contributed by atoms with Crippen molar-refractivity contribution >= 4 is 11.8 Å². The molecule has 1 saturated heterocycles. The highest BCUT2D eigenvalue weighted by Gasteiger charge is 2.30. The molecule has 3 rings (SSSR count). The molecule has 2 atom stereocenters. The van der Waals surface area contributed by atoms with E-state index in [1.807, 2.05) is 26.4 Å². The van der Waals surface area contributed by atoms with Crippen molar-refractivity contribution in [2.24, 2.45) is 5.92 Å². The van der Waals surface area contributed by atoms with E-state index in [4.69, 9.17) is 4.74 Å². The number of imidazole rings is 1. The molecular weight excluding hydrogens is 304 g/mol. The van der Waals surface area contributed by atoms with Crippen LogP contribution in [-0.4, -0.2) is 39.7 Å². The normalized spacial score (nSPS) is 21.1. The lowest BCUT2D eigenvalue weighted by Crippen LogP contribution is -2.41. The van der Waals surface area contributed by atoms with Gasteiger partial charge in [0, 0.05) is 31.7 Å². The molecule has 0 saturated carbocycles. The minimum atomic E-state index is -0.314. The molecule has 0 bridgehead atoms. The first-order valence-corrected chi connectivity index (χ1v) is 8.44. The van der Waals surface area contributed by atoms with Gasteiger partial charge in [-0.3, -0.25) is 0 Å². The molecule has 6 heteroatoms. The number of hydrogen-bond donors (Lipinski definition) is 0. The highest BCUT2D eigenvalue weighted by molar-refractivity contribution is 5.94. The molecule has 0 unspecified atom stereocenters. The molecule has 0 spiro atoms. The van der Waals surface area contributed by atoms with E-state index in [2.05, 4.69) is 26.4 Å². The second-order valence-corrected chi connectivity index (χ2v) is 6.62. The summed E-state index contributed by atoms with van der Waals surface area (Å²) in [6.07, 6.45) is 8.28. The van der Waals surface area contributed by atoms with Gasteiger partial charge in [0.05, 0.1) is 18.5 Å². The van der Waals surface area contributed by atoms with E-state index >= 15 is 0 Å². The maximum Gasteiger partial charge on any atom is 0.342 e. The molecule has 0 aliphatic carbocycles. The molecule has 128 valence electrons. The molecule has 3 heterocycles. The van der Waals surface area contributed by atoms with Crippen LogP contribution in [0.3, 0.4) is 0 Å². The topological polar surface area (TPSA) is 60.2 Å². The number of carbonyl (C=O) groups is 1. The Bertz CT molecular complexity index is 684. The number of nitrogens with zero attached hydrogens (tertiary/aromatic N) is 4. The van der Waals surface area contributed by atoms with Gasteiger partial charge in [-0.15, -0.1) is 0 Å². The first-order chi connectivity index (χ1) is 11.6. The van der Waals surface area contributed by atoms with Crippen LogP contribution in [0.25, 0.3) is 0 Å². The Balaban J connectivity index is 1.85. The molecule has 1 fully saturated rings. The zero-order valence-electron chi connectivity index (χ0n) is 14.4. The van der Waals surface area contributed by atoms with Crippen LogP contribution in [0.1, 0.15) is 43.6 Å². The Hall–Kier alpha value is -2.37. The number of carbonyl (C=O) groups excluding carboxylic acids is 1. The van der Waals surface area contributed by atoms with Crippen LogP contribution in [0.5, 0.6) is 0 Å². The molecular formula is C18H24N4O2. The Labute approximate surface area is 142 Å². The van der Waals surface area contributed by atoms with Crippen molar-refractivity contribution in [2.45, 2.75) is 39.3 Å². The minimum Gasteiger partial charge on any atom is -0.459 e. The molecule has 2 aromatic rings. The lowest BCUT2D eigenvalue weighted by Gasteiger charge is -2.38. The summed E-state index contributed by atoms with van der Waals surface area (Å²) in [7, 11) is 0. The fourth-order valence-electron chi connectivity index (χ4n) is 3.18. The van der Waals surface area contributed by atoms with Crippen molar-refractivity contribution in [3.05, 3.63) is 42.6 Å². The van der Waals surface area contributed by atoms with Gasteiger partial charge < -0.3 is 14.2 Å². The summed E-state index contributed by atoms with van der Waals surface area (Å²) >= 11 is 0. The lowest BCUT2D eigenvalue weighted by molar-refractivity contribution is 0.0378. The number of ether oxygens (including phenoxy) is 1. The van der Waals surface area contributed by atoms with E-state index in [0.717, 1.165) is 19.5 Å². The van der Waals surface area contributed by atoms with Crippen LogP contribution in [0.15, 0.2) is 37.1 Å². The fraction of sp³-hybridized carbons (Fsp3) is 0.500. The molecule has 1 aliphatic rings. The summed E-state index contributed by atoms with van der Waals surface area (Å²) in [5, 5.41) is 0. The van der Waals surface area contributed by atoms with Gasteiger partial charge in [0.15, 0.2) is 0 Å². The number of esters is 1. The number of aromatic nitrogens is 3. The average Bonchev–Trinajstić information content (AvgIpc) is 3.09. The summed E-state index contributed by atoms with van der Waals surface area (Å²) < 4.78 is 7.51. The van der Waals surface area contributed by atoms with Gasteiger partial charge in [-0.2, -0.15) is 0 Å². The zero-order chi connectivity index (χ0) is 17.1. The molecule has 0 aromatic carbocycles. The summed E-state index contributed by atoms with van der Waals surface area (Å²) in [6, 6.07) is 3.88. The van der Waals surface area contributed by atoms with E-state index in [1.165, 1.54) is 0 Å². The minimum absolute atomic E-state index is 0.148. The van der Waals surface area contributed by atoms with Crippen molar-refractivity contribution in [1.82, 2.24) is 14.5 Å². The van der Waals surface area contributed by atoms with Crippen molar-refractivity contribution in [1.29, 1.82) is 0 Å². The summed E-state index contributed by atoms with van der Waals surface area (Å²) in [4.78, 5) is 23.2. The molecule has 0 N–H and O–H groups in total. The van der Waals surface area contributed by atoms with Crippen molar-refractivity contribution < 1.29 is 9.53 Å². The third-order valence-electron chi connectivity index (χ3n) is 4.48. The fourth-order valence-corrected chi connectivity index (χ4v) is 3.18. The van der Waals surface area contributed by atoms with Crippen LogP contribution >= 0.6 is 0 Å². The van der Waals surface area contributed by atoms with Gasteiger partial charge in [-0.25, -0.2) is 14.8 Å². The quantitative estimate of drug-likeness (QED) is 0.808. The monoisotopic (exact) mass is 328 g/mol. The van der Waals surface area contributed by atoms with Crippen molar-refractivity contribution in [2.75, 3.05) is 18.0 Å². The van der Waals surface area contributed by atoms with Crippen LogP contribution < -0.4 is 4.90 Å². The van der Waals surface area contributed by atoms with Gasteiger partial charge in [-0.05, 0) is 38.3 Å². The summed E-state index contributed by atoms with van der Waals surface area (Å²) in [6.45, 7) is 7.65. The summed E-state index contributed by atoms with van der Waals surface area (Å²) in [5.74, 6) is 0.941. The molecule has 24 heavy (non-hydrogen) atoms. The predicted molar refractivity (Wildman–Crippen MR) is 92.0 cm³/mol. The van der Waals surface area contributed by atoms with Gasteiger partial charge in [-0.1, -0.05) is 6.92 Å². The third kappa shape index (κ3) is 3.42. The van der Waals surface area contributed by atoms with Crippen LogP contribution in [-0.2, 0) is 4.74 Å². The standard InChI is InChI=1S/C18H24N4O2/c1-13(2)24-18(23)15-5-4-7-20-17(15)21-9-6-14(3)16(11-21)22-10-8-19-12-22/h4-5,7-8,10,12-14,16H,6,9,11H2,1-3H3/t14-,16-/m1/s1. The van der Waals surface area contributed by atoms with Gasteiger partial charge in [0.1, 0.15) is 11.4 Å². The number of hydrogen-bond acceptors (Lipinski definition) is 5. The largest absolute Gasteiger partial charge is 0.459 e. The molecule has 0 amide bonds. The van der Waals surface area contributed by atoms with Crippen molar-refractivity contribution in [3.63, 3.8) is 0 Å². The van der Waals surface area contributed by atoms with E-state index < -0.39 is 0 Å². The highest BCUT2D eigenvalue weighted by Crippen LogP contribution is 2.31. The number of anilines is 1. The van der Waals surface area contributed by atoms with Gasteiger partial charge in [0.25, 0.3) is 0 Å². The maximum absolute atomic E-state index is 12.4. The summed E-state index contributed by atoms with van der Waals surface area (Å²) in [5.41, 5.74) is 0.533. The highest BCUT2D eigenvalue weighted by atomic mass is 16.5. The van der Waals surface area contributed by atoms with E-state index in [1.54, 1.807) is 24.5 Å². The SMILES string of the molecule is CC(C)OC(=O)c1cccnc1N1CC[C@@H](C)[C@H](n2ccnc2)C1. The lowest BCUT2D eigenvalue weighted by atomic mass is 9.93. The number of pyridine rings is 1. The third-order valence-corrected chi connectivity index (χ3v) is 4.48. The van der Waals surface area contributed by atoms with E-state index in [0.29, 0.717) is 23.3 Å². The smallest absolute Gasteiger partial charge is 0.342 e. The van der Waals surface area contributed by atoms with Crippen LogP contribution in [0.2, 0.25) is 0 Å². The number of rotatable bonds is 4. The maximum atomic E-state index is 12.4. The Morgan fingerprint density at radius 1 is 1.38 bits per heavy atom. The van der Waals surface area contributed by atoms with Gasteiger partial charge in [0.2, 0.25) is 0 Å². The second kappa shape index (κ2) is 7.03. The first kappa shape index (κ1) is 16.5. The molecule has 0 radical (unpaired) electrons. The van der Waals surface area contributed by atoms with E-state index in [9.17, 15) is 4.79 Å². The number of piperidine rings is 1. The second-order valence-electron chi connectivity index (χ2n) is 6.62. The molecule has 6 nitrogen and oxygen atoms in total. The molecule has 2 aromatic heterocycles. The van der Waals surface area contributed by atoms with Gasteiger partial charge >= 0.3 is 5.97 Å².